The first-order valence-corrected chi connectivity index (χ1v) is 11.3. The molecule has 4 rings (SSSR count). The van der Waals surface area contributed by atoms with Crippen molar-refractivity contribution in [3.8, 4) is 0 Å². The Hall–Kier alpha value is -2.24. The van der Waals surface area contributed by atoms with Gasteiger partial charge in [0.15, 0.2) is 0 Å². The summed E-state index contributed by atoms with van der Waals surface area (Å²) in [5.41, 5.74) is 2.39. The van der Waals surface area contributed by atoms with Gasteiger partial charge in [-0.3, -0.25) is 4.79 Å². The van der Waals surface area contributed by atoms with E-state index in [0.29, 0.717) is 24.8 Å². The predicted octanol–water partition coefficient (Wildman–Crippen LogP) is 3.91. The smallest absolute Gasteiger partial charge is 0.407 e. The number of benzene rings is 1. The Balaban J connectivity index is 1.35. The number of ether oxygens (including phenoxy) is 1. The van der Waals surface area contributed by atoms with E-state index in [-0.39, 0.29) is 11.5 Å². The molecule has 1 N–H and O–H groups in total. The molecule has 0 unspecified atom stereocenters. The van der Waals surface area contributed by atoms with Gasteiger partial charge in [0.2, 0.25) is 5.91 Å². The van der Waals surface area contributed by atoms with Crippen LogP contribution in [0, 0.1) is 5.41 Å². The fourth-order valence-corrected chi connectivity index (χ4v) is 4.78. The van der Waals surface area contributed by atoms with E-state index in [1.54, 1.807) is 0 Å². The maximum Gasteiger partial charge on any atom is 0.407 e. The number of nitrogens with one attached hydrogen (secondary N) is 1. The summed E-state index contributed by atoms with van der Waals surface area (Å²) in [6, 6.07) is 8.68. The van der Waals surface area contributed by atoms with Crippen molar-refractivity contribution >= 4 is 17.7 Å². The van der Waals surface area contributed by atoms with Crippen molar-refractivity contribution < 1.29 is 14.3 Å². The Labute approximate surface area is 179 Å². The summed E-state index contributed by atoms with van der Waals surface area (Å²) < 4.78 is 5.40. The molecule has 3 aliphatic rings. The summed E-state index contributed by atoms with van der Waals surface area (Å²) in [5.74, 6) is 0.771. The number of hydrogen-bond acceptors (Lipinski definition) is 4. The molecule has 6 heteroatoms. The Morgan fingerprint density at radius 1 is 1.23 bits per heavy atom. The third-order valence-corrected chi connectivity index (χ3v) is 6.57. The number of para-hydroxylation sites is 1. The largest absolute Gasteiger partial charge is 0.444 e. The second-order valence-corrected chi connectivity index (χ2v) is 10.3. The maximum atomic E-state index is 12.1. The first-order chi connectivity index (χ1) is 14.2. The van der Waals surface area contributed by atoms with Crippen molar-refractivity contribution in [1.82, 2.24) is 10.2 Å². The summed E-state index contributed by atoms with van der Waals surface area (Å²) in [7, 11) is 0. The predicted molar refractivity (Wildman–Crippen MR) is 118 cm³/mol. The number of likely N-dealkylation sites (tertiary alicyclic amines) is 1. The normalized spacial score (nSPS) is 22.2. The number of alkyl carbamates (subject to hydrolysis) is 1. The highest BCUT2D eigenvalue weighted by Crippen LogP contribution is 2.49. The average molecular weight is 414 g/mol. The third kappa shape index (κ3) is 4.90. The molecule has 30 heavy (non-hydrogen) atoms. The van der Waals surface area contributed by atoms with Crippen molar-refractivity contribution in [2.24, 2.45) is 5.41 Å². The lowest BCUT2D eigenvalue weighted by Gasteiger charge is -2.27. The molecule has 0 radical (unpaired) electrons. The van der Waals surface area contributed by atoms with E-state index < -0.39 is 5.60 Å². The van der Waals surface area contributed by atoms with E-state index in [4.69, 9.17) is 4.74 Å². The Bertz CT molecular complexity index is 797. The average Bonchev–Trinajstić information content (AvgIpc) is 3.19. The highest BCUT2D eigenvalue weighted by Gasteiger charge is 2.46. The number of carbonyl (C=O) groups is 2. The Kier molecular flexibility index (Phi) is 5.69. The summed E-state index contributed by atoms with van der Waals surface area (Å²) >= 11 is 0. The fraction of sp³-hybridized carbons (Fsp3) is 0.667. The van der Waals surface area contributed by atoms with Crippen LogP contribution in [0.5, 0.6) is 0 Å². The van der Waals surface area contributed by atoms with Gasteiger partial charge in [0.1, 0.15) is 5.60 Å². The Morgan fingerprint density at radius 3 is 2.67 bits per heavy atom. The van der Waals surface area contributed by atoms with Crippen LogP contribution in [-0.2, 0) is 9.53 Å². The molecule has 2 heterocycles. The lowest BCUT2D eigenvalue weighted by molar-refractivity contribution is -0.127. The van der Waals surface area contributed by atoms with Gasteiger partial charge in [-0.1, -0.05) is 18.2 Å². The van der Waals surface area contributed by atoms with Crippen molar-refractivity contribution in [2.45, 2.75) is 64.4 Å². The first-order valence-electron chi connectivity index (χ1n) is 11.3. The van der Waals surface area contributed by atoms with Crippen LogP contribution in [-0.4, -0.2) is 55.2 Å². The van der Waals surface area contributed by atoms with Crippen LogP contribution in [0.1, 0.15) is 64.4 Å². The van der Waals surface area contributed by atoms with Gasteiger partial charge in [-0.2, -0.15) is 0 Å². The van der Waals surface area contributed by atoms with Crippen LogP contribution in [0.3, 0.4) is 0 Å². The van der Waals surface area contributed by atoms with E-state index in [2.05, 4.69) is 34.5 Å². The SMILES string of the molecule is CC(C)(C)OC(=O)NCC1(CN2C[C@H](CCN3CCCC3=O)c3ccccc32)CC1. The molecule has 2 aliphatic heterocycles. The summed E-state index contributed by atoms with van der Waals surface area (Å²) in [6.07, 6.45) is 4.66. The van der Waals surface area contributed by atoms with Gasteiger partial charge in [-0.05, 0) is 58.1 Å². The number of fused-ring (bicyclic) bond motifs is 1. The summed E-state index contributed by atoms with van der Waals surface area (Å²) in [5, 5.41) is 2.99. The summed E-state index contributed by atoms with van der Waals surface area (Å²) in [4.78, 5) is 28.6. The van der Waals surface area contributed by atoms with E-state index in [1.807, 2.05) is 25.7 Å². The zero-order chi connectivity index (χ0) is 21.4. The number of anilines is 1. The van der Waals surface area contributed by atoms with Crippen LogP contribution in [0.4, 0.5) is 10.5 Å². The van der Waals surface area contributed by atoms with Gasteiger partial charge in [0, 0.05) is 56.2 Å². The van der Waals surface area contributed by atoms with Gasteiger partial charge >= 0.3 is 6.09 Å². The van der Waals surface area contributed by atoms with Crippen LogP contribution >= 0.6 is 0 Å². The van der Waals surface area contributed by atoms with Crippen LogP contribution in [0.25, 0.3) is 0 Å². The molecular formula is C24H35N3O3. The zero-order valence-corrected chi connectivity index (χ0v) is 18.6. The molecule has 2 amide bonds. The van der Waals surface area contributed by atoms with E-state index in [1.165, 1.54) is 11.3 Å². The third-order valence-electron chi connectivity index (χ3n) is 6.57. The number of amides is 2. The van der Waals surface area contributed by atoms with Crippen molar-refractivity contribution in [3.05, 3.63) is 29.8 Å². The van der Waals surface area contributed by atoms with Crippen molar-refractivity contribution in [2.75, 3.05) is 37.6 Å². The molecule has 1 aromatic carbocycles. The molecule has 1 aromatic rings. The second-order valence-electron chi connectivity index (χ2n) is 10.3. The molecule has 0 spiro atoms. The molecule has 0 aromatic heterocycles. The molecule has 1 saturated carbocycles. The minimum atomic E-state index is -0.474. The molecule has 1 saturated heterocycles. The van der Waals surface area contributed by atoms with Crippen molar-refractivity contribution in [3.63, 3.8) is 0 Å². The number of rotatable bonds is 7. The van der Waals surface area contributed by atoms with Gasteiger partial charge in [0.25, 0.3) is 0 Å². The Morgan fingerprint density at radius 2 is 2.00 bits per heavy atom. The highest BCUT2D eigenvalue weighted by molar-refractivity contribution is 5.78. The highest BCUT2D eigenvalue weighted by atomic mass is 16.6. The molecule has 6 nitrogen and oxygen atoms in total. The monoisotopic (exact) mass is 413 g/mol. The molecule has 0 bridgehead atoms. The maximum absolute atomic E-state index is 12.1. The molecular weight excluding hydrogens is 378 g/mol. The van der Waals surface area contributed by atoms with Crippen LogP contribution in [0.2, 0.25) is 0 Å². The topological polar surface area (TPSA) is 61.9 Å². The van der Waals surface area contributed by atoms with Crippen molar-refractivity contribution in [1.29, 1.82) is 0 Å². The molecule has 1 atom stereocenters. The second kappa shape index (κ2) is 8.12. The first kappa shape index (κ1) is 21.0. The van der Waals surface area contributed by atoms with Gasteiger partial charge in [-0.25, -0.2) is 4.79 Å². The van der Waals surface area contributed by atoms with Gasteiger partial charge < -0.3 is 19.9 Å². The zero-order valence-electron chi connectivity index (χ0n) is 18.6. The molecule has 2 fully saturated rings. The van der Waals surface area contributed by atoms with Crippen LogP contribution < -0.4 is 10.2 Å². The summed E-state index contributed by atoms with van der Waals surface area (Å²) in [6.45, 7) is 10.0. The van der Waals surface area contributed by atoms with E-state index in [0.717, 1.165) is 51.9 Å². The standard InChI is InChI=1S/C24H35N3O3/c1-23(2,3)30-22(29)25-16-24(11-12-24)17-27-15-18(19-7-4-5-8-20(19)27)10-14-26-13-6-9-21(26)28/h4-5,7-8,18H,6,9-17H2,1-3H3,(H,25,29)/t18-/m0/s1. The van der Waals surface area contributed by atoms with Gasteiger partial charge in [-0.15, -0.1) is 0 Å². The van der Waals surface area contributed by atoms with E-state index >= 15 is 0 Å². The lowest BCUT2D eigenvalue weighted by atomic mass is 9.98. The number of hydrogen-bond donors (Lipinski definition) is 1. The number of carbonyl (C=O) groups excluding carboxylic acids is 2. The van der Waals surface area contributed by atoms with Crippen LogP contribution in [0.15, 0.2) is 24.3 Å². The molecule has 164 valence electrons. The minimum absolute atomic E-state index is 0.143. The molecule has 1 aliphatic carbocycles. The minimum Gasteiger partial charge on any atom is -0.444 e. The van der Waals surface area contributed by atoms with Gasteiger partial charge in [0.05, 0.1) is 0 Å². The quantitative estimate of drug-likeness (QED) is 0.736. The number of nitrogens with zero attached hydrogens (tertiary/aromatic N) is 2. The lowest BCUT2D eigenvalue weighted by Crippen LogP contribution is -2.40. The fourth-order valence-electron chi connectivity index (χ4n) is 4.78. The van der Waals surface area contributed by atoms with E-state index in [9.17, 15) is 9.59 Å².